The van der Waals surface area contributed by atoms with Gasteiger partial charge in [0.25, 0.3) is 5.69 Å². The molecule has 1 aromatic heterocycles. The van der Waals surface area contributed by atoms with Crippen molar-refractivity contribution in [3.05, 3.63) is 76.5 Å². The van der Waals surface area contributed by atoms with Gasteiger partial charge in [0.05, 0.1) is 4.92 Å². The fourth-order valence-electron chi connectivity index (χ4n) is 4.74. The lowest BCUT2D eigenvalue weighted by atomic mass is 10.0. The Morgan fingerprint density at radius 3 is 2.50 bits per heavy atom. The summed E-state index contributed by atoms with van der Waals surface area (Å²) in [6.45, 7) is 4.29. The molecule has 1 saturated carbocycles. The van der Waals surface area contributed by atoms with E-state index in [-0.39, 0.29) is 11.6 Å². The van der Waals surface area contributed by atoms with E-state index < -0.39 is 4.92 Å². The van der Waals surface area contributed by atoms with Crippen molar-refractivity contribution in [3.63, 3.8) is 0 Å². The van der Waals surface area contributed by atoms with E-state index in [0.29, 0.717) is 44.5 Å². The number of amides is 1. The smallest absolute Gasteiger partial charge is 0.287 e. The molecule has 2 aromatic carbocycles. The number of fused-ring (bicyclic) bond motifs is 1. The normalized spacial score (nSPS) is 16.3. The highest BCUT2D eigenvalue weighted by molar-refractivity contribution is 5.85. The molecular weight excluding hydrogens is 430 g/mol. The van der Waals surface area contributed by atoms with Gasteiger partial charge in [-0.1, -0.05) is 42.5 Å². The van der Waals surface area contributed by atoms with Crippen molar-refractivity contribution in [1.29, 1.82) is 0 Å². The standard InChI is InChI=1S/C26H29N5O3/c32-26(29-16-14-28(15-17-29)25-11-10-23(18-27-25)31(33)34)12-13-30(22-8-9-22)19-21-6-3-5-20-4-1-2-7-24(20)21/h1-7,10-11,18,22H,8-9,12-17,19H2. The molecule has 1 amide bonds. The molecule has 0 unspecified atom stereocenters. The topological polar surface area (TPSA) is 82.8 Å². The maximum atomic E-state index is 13.0. The number of benzene rings is 2. The molecule has 0 spiro atoms. The number of hydrogen-bond donors (Lipinski definition) is 0. The molecule has 1 aliphatic heterocycles. The van der Waals surface area contributed by atoms with Crippen molar-refractivity contribution < 1.29 is 9.72 Å². The minimum Gasteiger partial charge on any atom is -0.353 e. The molecule has 0 N–H and O–H groups in total. The zero-order valence-electron chi connectivity index (χ0n) is 19.2. The van der Waals surface area contributed by atoms with Gasteiger partial charge in [-0.15, -0.1) is 0 Å². The van der Waals surface area contributed by atoms with Crippen LogP contribution >= 0.6 is 0 Å². The number of rotatable bonds is 8. The fraction of sp³-hybridized carbons (Fsp3) is 0.385. The van der Waals surface area contributed by atoms with Crippen LogP contribution in [0.5, 0.6) is 0 Å². The van der Waals surface area contributed by atoms with Crippen LogP contribution in [0.25, 0.3) is 10.8 Å². The number of pyridine rings is 1. The van der Waals surface area contributed by atoms with E-state index >= 15 is 0 Å². The van der Waals surface area contributed by atoms with Gasteiger partial charge in [0.2, 0.25) is 5.91 Å². The van der Waals surface area contributed by atoms with Crippen LogP contribution in [-0.4, -0.2) is 64.4 Å². The van der Waals surface area contributed by atoms with Gasteiger partial charge in [-0.2, -0.15) is 0 Å². The summed E-state index contributed by atoms with van der Waals surface area (Å²) in [5.74, 6) is 0.910. The second kappa shape index (κ2) is 9.77. The predicted octanol–water partition coefficient (Wildman–Crippen LogP) is 3.85. The number of anilines is 1. The third-order valence-corrected chi connectivity index (χ3v) is 6.83. The molecule has 34 heavy (non-hydrogen) atoms. The lowest BCUT2D eigenvalue weighted by Gasteiger charge is -2.35. The fourth-order valence-corrected chi connectivity index (χ4v) is 4.74. The molecular formula is C26H29N5O3. The van der Waals surface area contributed by atoms with E-state index in [1.165, 1.54) is 41.4 Å². The van der Waals surface area contributed by atoms with Crippen LogP contribution in [0.3, 0.4) is 0 Å². The van der Waals surface area contributed by atoms with Crippen molar-refractivity contribution in [2.45, 2.75) is 31.8 Å². The molecule has 8 nitrogen and oxygen atoms in total. The molecule has 0 atom stereocenters. The van der Waals surface area contributed by atoms with Gasteiger partial charge in [-0.05, 0) is 35.2 Å². The zero-order chi connectivity index (χ0) is 23.5. The van der Waals surface area contributed by atoms with Crippen LogP contribution in [0.15, 0.2) is 60.8 Å². The van der Waals surface area contributed by atoms with E-state index in [1.807, 2.05) is 4.90 Å². The van der Waals surface area contributed by atoms with Gasteiger partial charge in [0.1, 0.15) is 12.0 Å². The average molecular weight is 460 g/mol. The molecule has 2 aliphatic rings. The Kier molecular flexibility index (Phi) is 6.40. The number of aromatic nitrogens is 1. The first-order valence-corrected chi connectivity index (χ1v) is 11.9. The average Bonchev–Trinajstić information content (AvgIpc) is 3.72. The zero-order valence-corrected chi connectivity index (χ0v) is 19.2. The van der Waals surface area contributed by atoms with Crippen molar-refractivity contribution >= 4 is 28.2 Å². The number of hydrogen-bond acceptors (Lipinski definition) is 6. The predicted molar refractivity (Wildman–Crippen MR) is 132 cm³/mol. The van der Waals surface area contributed by atoms with E-state index in [2.05, 4.69) is 57.2 Å². The van der Waals surface area contributed by atoms with Gasteiger partial charge in [-0.3, -0.25) is 19.8 Å². The van der Waals surface area contributed by atoms with Crippen molar-refractivity contribution in [2.75, 3.05) is 37.6 Å². The first-order valence-electron chi connectivity index (χ1n) is 11.9. The van der Waals surface area contributed by atoms with Crippen molar-refractivity contribution in [1.82, 2.24) is 14.8 Å². The van der Waals surface area contributed by atoms with Gasteiger partial charge in [0, 0.05) is 57.8 Å². The minimum absolute atomic E-state index is 0.0127. The number of piperazine rings is 1. The van der Waals surface area contributed by atoms with Gasteiger partial charge in [0.15, 0.2) is 0 Å². The molecule has 1 aliphatic carbocycles. The summed E-state index contributed by atoms with van der Waals surface area (Å²) >= 11 is 0. The van der Waals surface area contributed by atoms with Crippen LogP contribution in [0, 0.1) is 10.1 Å². The van der Waals surface area contributed by atoms with Crippen LogP contribution in [0.1, 0.15) is 24.8 Å². The second-order valence-corrected chi connectivity index (χ2v) is 9.09. The highest BCUT2D eigenvalue weighted by Gasteiger charge is 2.30. The summed E-state index contributed by atoms with van der Waals surface area (Å²) in [6, 6.07) is 18.7. The highest BCUT2D eigenvalue weighted by Crippen LogP contribution is 2.30. The van der Waals surface area contributed by atoms with Gasteiger partial charge >= 0.3 is 0 Å². The Bertz CT molecular complexity index is 1170. The molecule has 1 saturated heterocycles. The van der Waals surface area contributed by atoms with E-state index in [0.717, 1.165) is 13.1 Å². The van der Waals surface area contributed by atoms with Crippen LogP contribution in [-0.2, 0) is 11.3 Å². The summed E-state index contributed by atoms with van der Waals surface area (Å²) < 4.78 is 0. The number of nitrogens with zero attached hydrogens (tertiary/aromatic N) is 5. The molecule has 5 rings (SSSR count). The van der Waals surface area contributed by atoms with Crippen molar-refractivity contribution in [3.8, 4) is 0 Å². The van der Waals surface area contributed by atoms with Gasteiger partial charge < -0.3 is 9.80 Å². The Hall–Kier alpha value is -3.52. The van der Waals surface area contributed by atoms with E-state index in [4.69, 9.17) is 0 Å². The summed E-state index contributed by atoms with van der Waals surface area (Å²) in [6.07, 6.45) is 4.23. The van der Waals surface area contributed by atoms with E-state index in [9.17, 15) is 14.9 Å². The summed E-state index contributed by atoms with van der Waals surface area (Å²) in [4.78, 5) is 34.0. The number of carbonyl (C=O) groups is 1. The largest absolute Gasteiger partial charge is 0.353 e. The van der Waals surface area contributed by atoms with Crippen LogP contribution in [0.2, 0.25) is 0 Å². The maximum absolute atomic E-state index is 13.0. The SMILES string of the molecule is O=C(CCN(Cc1cccc2ccccc12)C1CC1)N1CCN(c2ccc([N+](=O)[O-])cn2)CC1. The quantitative estimate of drug-likeness (QED) is 0.376. The Morgan fingerprint density at radius 1 is 1.03 bits per heavy atom. The molecule has 176 valence electrons. The van der Waals surface area contributed by atoms with E-state index in [1.54, 1.807) is 6.07 Å². The van der Waals surface area contributed by atoms with Crippen molar-refractivity contribution in [2.24, 2.45) is 0 Å². The van der Waals surface area contributed by atoms with Gasteiger partial charge in [-0.25, -0.2) is 4.98 Å². The number of carbonyl (C=O) groups excluding carboxylic acids is 1. The van der Waals surface area contributed by atoms with Crippen LogP contribution in [0.4, 0.5) is 11.5 Å². The highest BCUT2D eigenvalue weighted by atomic mass is 16.6. The molecule has 0 bridgehead atoms. The lowest BCUT2D eigenvalue weighted by Crippen LogP contribution is -2.49. The maximum Gasteiger partial charge on any atom is 0.287 e. The first kappa shape index (κ1) is 22.3. The Labute approximate surface area is 198 Å². The Morgan fingerprint density at radius 2 is 1.79 bits per heavy atom. The number of nitro groups is 1. The minimum atomic E-state index is -0.446. The molecule has 8 heteroatoms. The summed E-state index contributed by atoms with van der Waals surface area (Å²) in [5.41, 5.74) is 1.31. The lowest BCUT2D eigenvalue weighted by molar-refractivity contribution is -0.385. The molecule has 2 fully saturated rings. The summed E-state index contributed by atoms with van der Waals surface area (Å²) in [5, 5.41) is 13.4. The third-order valence-electron chi connectivity index (χ3n) is 6.83. The monoisotopic (exact) mass is 459 g/mol. The van der Waals surface area contributed by atoms with Crippen LogP contribution < -0.4 is 4.90 Å². The third kappa shape index (κ3) is 5.02. The second-order valence-electron chi connectivity index (χ2n) is 9.09. The first-order chi connectivity index (χ1) is 16.6. The molecule has 3 aromatic rings. The molecule has 0 radical (unpaired) electrons. The Balaban J connectivity index is 1.15. The summed E-state index contributed by atoms with van der Waals surface area (Å²) in [7, 11) is 0. The molecule has 2 heterocycles.